The van der Waals surface area contributed by atoms with E-state index in [1.54, 1.807) is 13.8 Å². The number of nitrogens with zero attached hydrogens (tertiary/aromatic N) is 5. The smallest absolute Gasteiger partial charge is 0.348 e. The summed E-state index contributed by atoms with van der Waals surface area (Å²) in [6.07, 6.45) is 0. The number of aryl methyl sites for hydroxylation is 3. The van der Waals surface area contributed by atoms with Crippen molar-refractivity contribution in [1.82, 2.24) is 29.7 Å². The van der Waals surface area contributed by atoms with E-state index >= 15 is 0 Å². The Kier molecular flexibility index (Phi) is 3.23. The number of aromatic amines is 1. The molecule has 1 N–H and O–H groups in total. The van der Waals surface area contributed by atoms with Crippen molar-refractivity contribution in [2.24, 2.45) is 0 Å². The van der Waals surface area contributed by atoms with Gasteiger partial charge in [-0.3, -0.25) is 4.68 Å². The van der Waals surface area contributed by atoms with Crippen molar-refractivity contribution in [3.05, 3.63) is 44.7 Å². The third-order valence-corrected chi connectivity index (χ3v) is 4.00. The summed E-state index contributed by atoms with van der Waals surface area (Å²) in [5, 5.41) is 15.0. The molecule has 22 heavy (non-hydrogen) atoms. The molecule has 0 aromatic carbocycles. The highest BCUT2D eigenvalue weighted by molar-refractivity contribution is 5.39. The molecule has 3 aromatic heterocycles. The first-order valence-electron chi connectivity index (χ1n) is 7.00. The topological polar surface area (TPSA) is 94.5 Å². The largest absolute Gasteiger partial charge is 0.359 e. The third kappa shape index (κ3) is 2.07. The summed E-state index contributed by atoms with van der Waals surface area (Å²) >= 11 is 0. The average molecular weight is 302 g/mol. The maximum absolute atomic E-state index is 12.1. The zero-order valence-corrected chi connectivity index (χ0v) is 13.3. The number of H-pyrrole nitrogens is 1. The fraction of sp³-hybridized carbons (Fsp3) is 0.429. The second-order valence-electron chi connectivity index (χ2n) is 5.41. The van der Waals surface area contributed by atoms with Crippen LogP contribution in [0.15, 0.2) is 9.32 Å². The normalized spacial score (nSPS) is 11.3. The van der Waals surface area contributed by atoms with E-state index in [4.69, 9.17) is 4.52 Å². The molecule has 0 aliphatic rings. The number of nitrogens with one attached hydrogen (secondary N) is 1. The van der Waals surface area contributed by atoms with Gasteiger partial charge in [-0.1, -0.05) is 5.16 Å². The molecular weight excluding hydrogens is 284 g/mol. The number of aromatic nitrogens is 6. The molecule has 0 saturated carbocycles. The Labute approximate surface area is 126 Å². The Hall–Kier alpha value is -2.64. The van der Waals surface area contributed by atoms with Gasteiger partial charge in [-0.2, -0.15) is 10.2 Å². The van der Waals surface area contributed by atoms with Gasteiger partial charge in [-0.25, -0.2) is 14.5 Å². The van der Waals surface area contributed by atoms with Crippen molar-refractivity contribution in [3.8, 4) is 5.69 Å². The minimum absolute atomic E-state index is 0.317. The van der Waals surface area contributed by atoms with Crippen molar-refractivity contribution in [2.75, 3.05) is 0 Å². The summed E-state index contributed by atoms with van der Waals surface area (Å²) < 4.78 is 8.49. The Balaban J connectivity index is 2.11. The zero-order chi connectivity index (χ0) is 16.0. The monoisotopic (exact) mass is 302 g/mol. The molecule has 0 aliphatic carbocycles. The molecule has 0 radical (unpaired) electrons. The minimum Gasteiger partial charge on any atom is -0.359 e. The van der Waals surface area contributed by atoms with Gasteiger partial charge in [0.15, 0.2) is 11.6 Å². The van der Waals surface area contributed by atoms with Gasteiger partial charge in [0.25, 0.3) is 0 Å². The lowest BCUT2D eigenvalue weighted by molar-refractivity contribution is 0.392. The Bertz CT molecular complexity index is 876. The van der Waals surface area contributed by atoms with Gasteiger partial charge in [0.1, 0.15) is 17.9 Å². The molecule has 0 fully saturated rings. The van der Waals surface area contributed by atoms with Gasteiger partial charge >= 0.3 is 5.69 Å². The van der Waals surface area contributed by atoms with Crippen molar-refractivity contribution in [1.29, 1.82) is 0 Å². The van der Waals surface area contributed by atoms with Crippen LogP contribution in [0.1, 0.15) is 34.2 Å². The van der Waals surface area contributed by atoms with Gasteiger partial charge in [0, 0.05) is 5.69 Å². The molecule has 0 unspecified atom stereocenters. The second-order valence-corrected chi connectivity index (χ2v) is 5.41. The van der Waals surface area contributed by atoms with Crippen molar-refractivity contribution in [3.63, 3.8) is 0 Å². The summed E-state index contributed by atoms with van der Waals surface area (Å²) in [5.74, 6) is 1.14. The van der Waals surface area contributed by atoms with Crippen LogP contribution >= 0.6 is 0 Å². The Morgan fingerprint density at radius 3 is 2.41 bits per heavy atom. The van der Waals surface area contributed by atoms with E-state index in [2.05, 4.69) is 20.5 Å². The van der Waals surface area contributed by atoms with Crippen LogP contribution < -0.4 is 5.69 Å². The van der Waals surface area contributed by atoms with E-state index in [0.717, 1.165) is 17.0 Å². The first-order chi connectivity index (χ1) is 10.4. The van der Waals surface area contributed by atoms with Crippen LogP contribution in [0.25, 0.3) is 5.69 Å². The molecule has 116 valence electrons. The van der Waals surface area contributed by atoms with Crippen molar-refractivity contribution >= 4 is 0 Å². The molecule has 8 nitrogen and oxygen atoms in total. The summed E-state index contributed by atoms with van der Waals surface area (Å²) in [5.41, 5.74) is 4.13. The van der Waals surface area contributed by atoms with Crippen LogP contribution in [0.2, 0.25) is 0 Å². The molecular formula is C14H18N6O2. The van der Waals surface area contributed by atoms with Gasteiger partial charge in [-0.15, -0.1) is 0 Å². The Morgan fingerprint density at radius 2 is 1.86 bits per heavy atom. The molecule has 0 saturated heterocycles. The van der Waals surface area contributed by atoms with E-state index in [1.165, 1.54) is 4.57 Å². The summed E-state index contributed by atoms with van der Waals surface area (Å²) in [4.78, 5) is 12.1. The van der Waals surface area contributed by atoms with Crippen molar-refractivity contribution < 1.29 is 4.52 Å². The van der Waals surface area contributed by atoms with Crippen LogP contribution in [0, 0.1) is 34.6 Å². The highest BCUT2D eigenvalue weighted by atomic mass is 16.5. The third-order valence-electron chi connectivity index (χ3n) is 4.00. The quantitative estimate of drug-likeness (QED) is 0.787. The first kappa shape index (κ1) is 14.3. The predicted octanol–water partition coefficient (Wildman–Crippen LogP) is 1.34. The molecule has 3 aromatic rings. The second kappa shape index (κ2) is 4.97. The van der Waals surface area contributed by atoms with Gasteiger partial charge in [0.05, 0.1) is 5.69 Å². The molecule has 0 bridgehead atoms. The molecule has 0 amide bonds. The van der Waals surface area contributed by atoms with Crippen LogP contribution in [-0.4, -0.2) is 29.7 Å². The minimum atomic E-state index is -0.317. The van der Waals surface area contributed by atoms with Crippen LogP contribution in [-0.2, 0) is 6.54 Å². The molecule has 0 spiro atoms. The molecule has 8 heteroatoms. The summed E-state index contributed by atoms with van der Waals surface area (Å²) in [6, 6.07) is 0. The zero-order valence-electron chi connectivity index (χ0n) is 13.3. The van der Waals surface area contributed by atoms with Crippen LogP contribution in [0.4, 0.5) is 0 Å². The fourth-order valence-corrected chi connectivity index (χ4v) is 2.54. The standard InChI is InChI=1S/C14H18N6O2/c1-7-8(2)17-19(10(7)4)6-12-15-16-14(21)20(12)13-9(3)18-22-11(13)5/h6H2,1-5H3,(H,16,21). The van der Waals surface area contributed by atoms with E-state index < -0.39 is 0 Å². The molecule has 3 heterocycles. The fourth-order valence-electron chi connectivity index (χ4n) is 2.54. The van der Waals surface area contributed by atoms with E-state index in [9.17, 15) is 4.79 Å². The first-order valence-corrected chi connectivity index (χ1v) is 7.00. The van der Waals surface area contributed by atoms with Crippen LogP contribution in [0.3, 0.4) is 0 Å². The van der Waals surface area contributed by atoms with Gasteiger partial charge in [0.2, 0.25) is 0 Å². The van der Waals surface area contributed by atoms with E-state index in [-0.39, 0.29) is 5.69 Å². The highest BCUT2D eigenvalue weighted by Crippen LogP contribution is 2.18. The van der Waals surface area contributed by atoms with Crippen molar-refractivity contribution in [2.45, 2.75) is 41.2 Å². The van der Waals surface area contributed by atoms with Gasteiger partial charge < -0.3 is 4.52 Å². The number of hydrogen-bond donors (Lipinski definition) is 1. The lowest BCUT2D eigenvalue weighted by Gasteiger charge is -2.07. The summed E-state index contributed by atoms with van der Waals surface area (Å²) in [7, 11) is 0. The van der Waals surface area contributed by atoms with Gasteiger partial charge in [-0.05, 0) is 40.2 Å². The summed E-state index contributed by atoms with van der Waals surface area (Å²) in [6.45, 7) is 9.95. The molecule has 0 atom stereocenters. The van der Waals surface area contributed by atoms with E-state index in [1.807, 2.05) is 25.5 Å². The van der Waals surface area contributed by atoms with Crippen LogP contribution in [0.5, 0.6) is 0 Å². The predicted molar refractivity (Wildman–Crippen MR) is 79.3 cm³/mol. The SMILES string of the molecule is Cc1nn(Cc2n[nH]c(=O)n2-c2c(C)noc2C)c(C)c1C. The maximum Gasteiger partial charge on any atom is 0.348 e. The Morgan fingerprint density at radius 1 is 1.14 bits per heavy atom. The highest BCUT2D eigenvalue weighted by Gasteiger charge is 2.19. The molecule has 3 rings (SSSR count). The molecule has 0 aliphatic heterocycles. The lowest BCUT2D eigenvalue weighted by Crippen LogP contribution is -2.20. The van der Waals surface area contributed by atoms with E-state index in [0.29, 0.717) is 29.5 Å². The lowest BCUT2D eigenvalue weighted by atomic mass is 10.2. The maximum atomic E-state index is 12.1. The average Bonchev–Trinajstić information content (AvgIpc) is 3.06. The number of rotatable bonds is 3. The number of hydrogen-bond acceptors (Lipinski definition) is 5.